The van der Waals surface area contributed by atoms with Crippen LogP contribution in [0.1, 0.15) is 22.3 Å². The summed E-state index contributed by atoms with van der Waals surface area (Å²) >= 11 is 1.34. The molecule has 0 radical (unpaired) electrons. The number of rotatable bonds is 6. The van der Waals surface area contributed by atoms with Gasteiger partial charge in [-0.2, -0.15) is 0 Å². The first-order valence-corrected chi connectivity index (χ1v) is 7.38. The Bertz CT molecular complexity index is 672. The van der Waals surface area contributed by atoms with Crippen LogP contribution in [0.15, 0.2) is 12.1 Å². The molecule has 0 bridgehead atoms. The minimum absolute atomic E-state index is 0.305. The normalized spacial score (nSPS) is 10.2. The highest BCUT2D eigenvalue weighted by molar-refractivity contribution is 7.15. The molecule has 0 fully saturated rings. The van der Waals surface area contributed by atoms with Gasteiger partial charge < -0.3 is 14.2 Å². The summed E-state index contributed by atoms with van der Waals surface area (Å²) in [6.07, 6.45) is 0.771. The third-order valence-electron chi connectivity index (χ3n) is 2.94. The molecular formula is C14H17N3O4S. The van der Waals surface area contributed by atoms with Crippen molar-refractivity contribution in [2.75, 3.05) is 26.6 Å². The van der Waals surface area contributed by atoms with Crippen LogP contribution in [0.2, 0.25) is 0 Å². The van der Waals surface area contributed by atoms with Crippen molar-refractivity contribution in [3.63, 3.8) is 0 Å². The van der Waals surface area contributed by atoms with Crippen molar-refractivity contribution < 1.29 is 19.0 Å². The van der Waals surface area contributed by atoms with E-state index in [0.29, 0.717) is 27.9 Å². The molecule has 1 amide bonds. The van der Waals surface area contributed by atoms with Gasteiger partial charge in [0.1, 0.15) is 5.01 Å². The molecule has 1 aromatic carbocycles. The van der Waals surface area contributed by atoms with Crippen LogP contribution in [0.3, 0.4) is 0 Å². The molecule has 0 aliphatic heterocycles. The molecule has 2 rings (SSSR count). The fourth-order valence-electron chi connectivity index (χ4n) is 1.89. The Labute approximate surface area is 132 Å². The first-order chi connectivity index (χ1) is 10.6. The smallest absolute Gasteiger partial charge is 0.261 e. The fraction of sp³-hybridized carbons (Fsp3) is 0.357. The molecule has 118 valence electrons. The second-order valence-electron chi connectivity index (χ2n) is 4.19. The fourth-order valence-corrected chi connectivity index (χ4v) is 2.57. The Balaban J connectivity index is 2.32. The first-order valence-electron chi connectivity index (χ1n) is 6.57. The lowest BCUT2D eigenvalue weighted by Crippen LogP contribution is -2.13. The summed E-state index contributed by atoms with van der Waals surface area (Å²) < 4.78 is 15.8. The van der Waals surface area contributed by atoms with E-state index in [1.807, 2.05) is 6.92 Å². The van der Waals surface area contributed by atoms with Crippen LogP contribution in [0, 0.1) is 0 Å². The number of aryl methyl sites for hydroxylation is 1. The molecule has 7 nitrogen and oxygen atoms in total. The Hall–Kier alpha value is -2.35. The van der Waals surface area contributed by atoms with E-state index in [4.69, 9.17) is 14.2 Å². The second kappa shape index (κ2) is 7.08. The maximum atomic E-state index is 12.4. The molecule has 8 heteroatoms. The number of benzene rings is 1. The third kappa shape index (κ3) is 3.11. The highest BCUT2D eigenvalue weighted by atomic mass is 32.1. The number of nitrogens with one attached hydrogen (secondary N) is 1. The van der Waals surface area contributed by atoms with E-state index in [0.717, 1.165) is 11.4 Å². The first kappa shape index (κ1) is 16.0. The van der Waals surface area contributed by atoms with Crippen LogP contribution in [0.25, 0.3) is 0 Å². The lowest BCUT2D eigenvalue weighted by molar-refractivity contribution is 0.102. The molecule has 1 heterocycles. The van der Waals surface area contributed by atoms with Gasteiger partial charge in [-0.3, -0.25) is 10.1 Å². The zero-order valence-electron chi connectivity index (χ0n) is 12.8. The number of anilines is 1. The van der Waals surface area contributed by atoms with Crippen molar-refractivity contribution in [1.82, 2.24) is 10.2 Å². The molecule has 2 aromatic rings. The Morgan fingerprint density at radius 1 is 1.14 bits per heavy atom. The number of carbonyl (C=O) groups excluding carboxylic acids is 1. The van der Waals surface area contributed by atoms with Crippen LogP contribution in [0.4, 0.5) is 5.13 Å². The van der Waals surface area contributed by atoms with E-state index in [1.54, 1.807) is 12.1 Å². The highest BCUT2D eigenvalue weighted by Crippen LogP contribution is 2.39. The summed E-state index contributed by atoms with van der Waals surface area (Å²) in [5.41, 5.74) is 0.327. The van der Waals surface area contributed by atoms with Gasteiger partial charge in [0, 0.05) is 0 Å². The molecule has 0 atom stereocenters. The van der Waals surface area contributed by atoms with Crippen molar-refractivity contribution in [2.24, 2.45) is 0 Å². The molecule has 1 aromatic heterocycles. The predicted octanol–water partition coefficient (Wildman–Crippen LogP) is 2.38. The van der Waals surface area contributed by atoms with Crippen molar-refractivity contribution >= 4 is 22.4 Å². The number of hydrogen-bond donors (Lipinski definition) is 1. The summed E-state index contributed by atoms with van der Waals surface area (Å²) in [5, 5.41) is 11.9. The summed E-state index contributed by atoms with van der Waals surface area (Å²) in [6.45, 7) is 1.98. The van der Waals surface area contributed by atoms with Gasteiger partial charge in [0.2, 0.25) is 10.9 Å². The zero-order valence-corrected chi connectivity index (χ0v) is 13.6. The Kier molecular flexibility index (Phi) is 5.16. The van der Waals surface area contributed by atoms with Gasteiger partial charge in [-0.05, 0) is 18.6 Å². The minimum atomic E-state index is -0.350. The molecule has 0 aliphatic carbocycles. The van der Waals surface area contributed by atoms with E-state index in [2.05, 4.69) is 15.5 Å². The largest absolute Gasteiger partial charge is 0.493 e. The maximum Gasteiger partial charge on any atom is 0.261 e. The summed E-state index contributed by atoms with van der Waals surface area (Å²) in [6, 6.07) is 3.26. The predicted molar refractivity (Wildman–Crippen MR) is 83.3 cm³/mol. The average molecular weight is 323 g/mol. The monoisotopic (exact) mass is 323 g/mol. The summed E-state index contributed by atoms with van der Waals surface area (Å²) in [4.78, 5) is 12.4. The molecular weight excluding hydrogens is 306 g/mol. The van der Waals surface area contributed by atoms with Crippen molar-refractivity contribution in [3.05, 3.63) is 22.7 Å². The maximum absolute atomic E-state index is 12.4. The molecule has 0 spiro atoms. The number of ether oxygens (including phenoxy) is 3. The van der Waals surface area contributed by atoms with E-state index < -0.39 is 0 Å². The summed E-state index contributed by atoms with van der Waals surface area (Å²) in [7, 11) is 4.47. The van der Waals surface area contributed by atoms with E-state index in [1.165, 1.54) is 32.7 Å². The van der Waals surface area contributed by atoms with Crippen molar-refractivity contribution in [3.8, 4) is 17.2 Å². The molecule has 0 aliphatic rings. The number of amides is 1. The molecule has 0 saturated carbocycles. The van der Waals surface area contributed by atoms with Crippen LogP contribution in [-0.4, -0.2) is 37.4 Å². The topological polar surface area (TPSA) is 82.6 Å². The average Bonchev–Trinajstić information content (AvgIpc) is 3.00. The number of aromatic nitrogens is 2. The lowest BCUT2D eigenvalue weighted by Gasteiger charge is -2.14. The molecule has 0 saturated heterocycles. The Morgan fingerprint density at radius 2 is 1.86 bits per heavy atom. The zero-order chi connectivity index (χ0) is 16.1. The van der Waals surface area contributed by atoms with Gasteiger partial charge in [0.15, 0.2) is 11.5 Å². The number of carbonyl (C=O) groups is 1. The summed E-state index contributed by atoms with van der Waals surface area (Å²) in [5.74, 6) is 0.806. The molecule has 1 N–H and O–H groups in total. The standard InChI is InChI=1S/C14H17N3O4S/c1-5-10-16-17-14(22-10)15-13(18)8-6-7-9(19-2)12(21-4)11(8)20-3/h6-7H,5H2,1-4H3,(H,15,17,18). The van der Waals surface area contributed by atoms with Crippen LogP contribution < -0.4 is 19.5 Å². The SMILES string of the molecule is CCc1nnc(NC(=O)c2ccc(OC)c(OC)c2OC)s1. The quantitative estimate of drug-likeness (QED) is 0.879. The van der Waals surface area contributed by atoms with Crippen molar-refractivity contribution in [2.45, 2.75) is 13.3 Å². The Morgan fingerprint density at radius 3 is 2.41 bits per heavy atom. The van der Waals surface area contributed by atoms with Crippen LogP contribution in [0.5, 0.6) is 17.2 Å². The van der Waals surface area contributed by atoms with Crippen LogP contribution >= 0.6 is 11.3 Å². The van der Waals surface area contributed by atoms with Gasteiger partial charge in [-0.25, -0.2) is 0 Å². The van der Waals surface area contributed by atoms with E-state index in [-0.39, 0.29) is 5.91 Å². The second-order valence-corrected chi connectivity index (χ2v) is 5.25. The molecule has 0 unspecified atom stereocenters. The van der Waals surface area contributed by atoms with Gasteiger partial charge in [-0.1, -0.05) is 18.3 Å². The van der Waals surface area contributed by atoms with E-state index in [9.17, 15) is 4.79 Å². The van der Waals surface area contributed by atoms with Gasteiger partial charge in [-0.15, -0.1) is 10.2 Å². The third-order valence-corrected chi connectivity index (χ3v) is 3.92. The van der Waals surface area contributed by atoms with E-state index >= 15 is 0 Å². The van der Waals surface area contributed by atoms with Gasteiger partial charge >= 0.3 is 0 Å². The van der Waals surface area contributed by atoms with Crippen LogP contribution in [-0.2, 0) is 6.42 Å². The van der Waals surface area contributed by atoms with Gasteiger partial charge in [0.25, 0.3) is 5.91 Å². The number of nitrogens with zero attached hydrogens (tertiary/aromatic N) is 2. The minimum Gasteiger partial charge on any atom is -0.493 e. The van der Waals surface area contributed by atoms with Gasteiger partial charge in [0.05, 0.1) is 26.9 Å². The molecule has 22 heavy (non-hydrogen) atoms. The van der Waals surface area contributed by atoms with Crippen molar-refractivity contribution in [1.29, 1.82) is 0 Å². The number of hydrogen-bond acceptors (Lipinski definition) is 7. The lowest BCUT2D eigenvalue weighted by atomic mass is 10.1. The highest BCUT2D eigenvalue weighted by Gasteiger charge is 2.21. The number of methoxy groups -OCH3 is 3.